The molecule has 0 aromatic carbocycles. The fraction of sp³-hybridized carbons (Fsp3) is 1.00. The van der Waals surface area contributed by atoms with E-state index in [4.69, 9.17) is 5.84 Å². The van der Waals surface area contributed by atoms with Crippen LogP contribution in [0.2, 0.25) is 0 Å². The smallest absolute Gasteiger partial charge is 0.00947 e. The van der Waals surface area contributed by atoms with Gasteiger partial charge in [-0.3, -0.25) is 23.0 Å². The predicted molar refractivity (Wildman–Crippen MR) is 30.9 cm³/mol. The van der Waals surface area contributed by atoms with E-state index in [1.165, 1.54) is 0 Å². The molecule has 0 spiro atoms. The number of hydrazine groups is 2. The van der Waals surface area contributed by atoms with Crippen LogP contribution < -0.4 is 23.0 Å². The van der Waals surface area contributed by atoms with Gasteiger partial charge in [-0.15, -0.1) is 0 Å². The minimum absolute atomic E-state index is 0.917. The SMILES string of the molecule is CCCNN.NN. The molecule has 0 radical (unpaired) electrons. The Kier molecular flexibility index (Phi) is 24.1. The number of rotatable bonds is 2. The molecular weight excluding hydrogens is 92.1 g/mol. The summed E-state index contributed by atoms with van der Waals surface area (Å²) < 4.78 is 0. The van der Waals surface area contributed by atoms with Gasteiger partial charge in [-0.2, -0.15) is 0 Å². The van der Waals surface area contributed by atoms with Gasteiger partial charge in [-0.05, 0) is 6.42 Å². The lowest BCUT2D eigenvalue weighted by molar-refractivity contribution is 0.714. The highest BCUT2D eigenvalue weighted by Crippen LogP contribution is 1.61. The molecule has 0 rings (SSSR count). The summed E-state index contributed by atoms with van der Waals surface area (Å²) in [6.45, 7) is 2.99. The van der Waals surface area contributed by atoms with Crippen LogP contribution in [0.5, 0.6) is 0 Å². The molecule has 7 N–H and O–H groups in total. The van der Waals surface area contributed by atoms with Crippen LogP contribution in [0, 0.1) is 0 Å². The fourth-order valence-corrected chi connectivity index (χ4v) is 0.144. The molecule has 0 saturated heterocycles. The van der Waals surface area contributed by atoms with Crippen molar-refractivity contribution in [3.05, 3.63) is 0 Å². The maximum Gasteiger partial charge on any atom is 0.00947 e. The quantitative estimate of drug-likeness (QED) is 0.259. The van der Waals surface area contributed by atoms with Crippen molar-refractivity contribution < 1.29 is 0 Å². The Balaban J connectivity index is 0. The van der Waals surface area contributed by atoms with E-state index in [0.717, 1.165) is 13.0 Å². The van der Waals surface area contributed by atoms with Gasteiger partial charge in [-0.25, -0.2) is 0 Å². The Hall–Kier alpha value is -0.160. The number of nitrogens with one attached hydrogen (secondary N) is 1. The van der Waals surface area contributed by atoms with Gasteiger partial charge in [0.2, 0.25) is 0 Å². The van der Waals surface area contributed by atoms with Gasteiger partial charge < -0.3 is 0 Å². The molecule has 0 unspecified atom stereocenters. The summed E-state index contributed by atoms with van der Waals surface area (Å²) in [6, 6.07) is 0. The van der Waals surface area contributed by atoms with Gasteiger partial charge >= 0.3 is 0 Å². The number of hydrogen-bond acceptors (Lipinski definition) is 4. The largest absolute Gasteiger partial charge is 0.274 e. The van der Waals surface area contributed by atoms with Gasteiger partial charge in [-0.1, -0.05) is 6.92 Å². The summed E-state index contributed by atoms with van der Waals surface area (Å²) in [4.78, 5) is 0. The molecule has 0 amide bonds. The minimum Gasteiger partial charge on any atom is -0.274 e. The van der Waals surface area contributed by atoms with E-state index in [9.17, 15) is 0 Å². The van der Waals surface area contributed by atoms with E-state index in [-0.39, 0.29) is 0 Å². The van der Waals surface area contributed by atoms with Crippen LogP contribution in [0.25, 0.3) is 0 Å². The lowest BCUT2D eigenvalue weighted by Gasteiger charge is -1.85. The average Bonchev–Trinajstić information content (AvgIpc) is 1.75. The van der Waals surface area contributed by atoms with Crippen LogP contribution in [0.15, 0.2) is 0 Å². The van der Waals surface area contributed by atoms with Gasteiger partial charge in [0, 0.05) is 6.54 Å². The summed E-state index contributed by atoms with van der Waals surface area (Å²) in [5.74, 6) is 12.9. The molecule has 0 bridgehead atoms. The molecule has 0 atom stereocenters. The van der Waals surface area contributed by atoms with Crippen molar-refractivity contribution in [1.82, 2.24) is 5.43 Å². The van der Waals surface area contributed by atoms with Crippen LogP contribution in [0.3, 0.4) is 0 Å². The Labute approximate surface area is 44.0 Å². The van der Waals surface area contributed by atoms with Crippen LogP contribution in [0.1, 0.15) is 13.3 Å². The molecule has 46 valence electrons. The molecule has 0 aliphatic carbocycles. The second kappa shape index (κ2) is 17.0. The average molecular weight is 106 g/mol. The van der Waals surface area contributed by atoms with Gasteiger partial charge in [0.15, 0.2) is 0 Å². The van der Waals surface area contributed by atoms with Crippen molar-refractivity contribution in [2.75, 3.05) is 6.54 Å². The van der Waals surface area contributed by atoms with E-state index < -0.39 is 0 Å². The van der Waals surface area contributed by atoms with E-state index in [2.05, 4.69) is 24.0 Å². The number of nitrogens with two attached hydrogens (primary N) is 3. The van der Waals surface area contributed by atoms with Crippen molar-refractivity contribution in [2.45, 2.75) is 13.3 Å². The molecule has 0 aliphatic heterocycles. The summed E-state index contributed by atoms with van der Waals surface area (Å²) in [5, 5.41) is 0. The van der Waals surface area contributed by atoms with Crippen molar-refractivity contribution in [1.29, 1.82) is 0 Å². The van der Waals surface area contributed by atoms with E-state index in [1.54, 1.807) is 0 Å². The Morgan fingerprint density at radius 1 is 1.43 bits per heavy atom. The van der Waals surface area contributed by atoms with Gasteiger partial charge in [0.1, 0.15) is 0 Å². The normalized spacial score (nSPS) is 6.86. The zero-order valence-electron chi connectivity index (χ0n) is 4.65. The molecule has 7 heavy (non-hydrogen) atoms. The lowest BCUT2D eigenvalue weighted by Crippen LogP contribution is -2.21. The second-order valence-electron chi connectivity index (χ2n) is 0.954. The number of hydrogen-bond donors (Lipinski definition) is 4. The van der Waals surface area contributed by atoms with E-state index >= 15 is 0 Å². The molecule has 4 nitrogen and oxygen atoms in total. The van der Waals surface area contributed by atoms with Crippen molar-refractivity contribution in [2.24, 2.45) is 17.5 Å². The first-order chi connectivity index (χ1) is 3.41. The molecular formula is C3H14N4. The van der Waals surface area contributed by atoms with Crippen molar-refractivity contribution in [3.63, 3.8) is 0 Å². The van der Waals surface area contributed by atoms with Crippen LogP contribution >= 0.6 is 0 Å². The zero-order chi connectivity index (χ0) is 6.12. The summed E-state index contributed by atoms with van der Waals surface area (Å²) in [6.07, 6.45) is 1.11. The van der Waals surface area contributed by atoms with E-state index in [0.29, 0.717) is 0 Å². The first-order valence-electron chi connectivity index (χ1n) is 2.18. The van der Waals surface area contributed by atoms with Crippen molar-refractivity contribution >= 4 is 0 Å². The summed E-state index contributed by atoms with van der Waals surface area (Å²) >= 11 is 0. The van der Waals surface area contributed by atoms with Crippen LogP contribution in [0.4, 0.5) is 0 Å². The minimum atomic E-state index is 0.917. The fourth-order valence-electron chi connectivity index (χ4n) is 0.144. The van der Waals surface area contributed by atoms with Crippen LogP contribution in [-0.2, 0) is 0 Å². The Bertz CT molecular complexity index is 14.4. The first-order valence-corrected chi connectivity index (χ1v) is 2.18. The molecule has 0 fully saturated rings. The van der Waals surface area contributed by atoms with Gasteiger partial charge in [0.25, 0.3) is 0 Å². The first kappa shape index (κ1) is 9.96. The third-order valence-corrected chi connectivity index (χ3v) is 0.394. The summed E-state index contributed by atoms with van der Waals surface area (Å²) in [5.41, 5.74) is 2.52. The zero-order valence-corrected chi connectivity index (χ0v) is 4.65. The molecule has 0 saturated carbocycles. The van der Waals surface area contributed by atoms with Crippen molar-refractivity contribution in [3.8, 4) is 0 Å². The molecule has 4 heteroatoms. The summed E-state index contributed by atoms with van der Waals surface area (Å²) in [7, 11) is 0. The van der Waals surface area contributed by atoms with Gasteiger partial charge in [0.05, 0.1) is 0 Å². The molecule has 0 aliphatic rings. The Morgan fingerprint density at radius 2 is 1.86 bits per heavy atom. The second-order valence-corrected chi connectivity index (χ2v) is 0.954. The molecule has 0 heterocycles. The lowest BCUT2D eigenvalue weighted by atomic mass is 10.5. The maximum atomic E-state index is 4.89. The monoisotopic (exact) mass is 106 g/mol. The molecule has 0 aromatic rings. The molecule has 0 aromatic heterocycles. The topological polar surface area (TPSA) is 90.1 Å². The third kappa shape index (κ3) is 25.4. The third-order valence-electron chi connectivity index (χ3n) is 0.394. The van der Waals surface area contributed by atoms with Crippen LogP contribution in [-0.4, -0.2) is 6.54 Å². The standard InChI is InChI=1S/C3H10N2.H4N2/c1-2-3-5-4;1-2/h5H,2-4H2,1H3;1-2H2. The highest BCUT2D eigenvalue weighted by molar-refractivity contribution is 4.25. The van der Waals surface area contributed by atoms with E-state index in [1.807, 2.05) is 0 Å². The predicted octanol–water partition coefficient (Wildman–Crippen LogP) is -1.32. The Morgan fingerprint density at radius 3 is 1.86 bits per heavy atom. The highest BCUT2D eigenvalue weighted by atomic mass is 15.2. The highest BCUT2D eigenvalue weighted by Gasteiger charge is 1.64. The maximum absolute atomic E-state index is 4.89.